The van der Waals surface area contributed by atoms with Gasteiger partial charge in [0.2, 0.25) is 0 Å². The Kier molecular flexibility index (Phi) is 6.23. The first-order chi connectivity index (χ1) is 12.3. The molecule has 1 aromatic heterocycles. The van der Waals surface area contributed by atoms with Gasteiger partial charge in [0.05, 0.1) is 5.69 Å². The van der Waals surface area contributed by atoms with Crippen molar-refractivity contribution in [3.8, 4) is 5.69 Å². The lowest BCUT2D eigenvalue weighted by Gasteiger charge is -2.06. The molecule has 0 aliphatic heterocycles. The van der Waals surface area contributed by atoms with E-state index in [1.165, 1.54) is 5.69 Å². The van der Waals surface area contributed by atoms with Gasteiger partial charge < -0.3 is 10.1 Å². The first kappa shape index (κ1) is 17.7. The summed E-state index contributed by atoms with van der Waals surface area (Å²) in [5, 5.41) is 7.60. The van der Waals surface area contributed by atoms with Crippen molar-refractivity contribution in [3.63, 3.8) is 0 Å². The van der Waals surface area contributed by atoms with Gasteiger partial charge >= 0.3 is 0 Å². The number of para-hydroxylation sites is 1. The minimum Gasteiger partial charge on any atom is -0.381 e. The number of unbranched alkanes of at least 4 members (excludes halogenated alkanes) is 1. The quantitative estimate of drug-likeness (QED) is 0.712. The zero-order valence-electron chi connectivity index (χ0n) is 15.0. The molecule has 3 rings (SSSR count). The highest BCUT2D eigenvalue weighted by Gasteiger charge is 2.26. The van der Waals surface area contributed by atoms with Crippen LogP contribution in [0.4, 0.5) is 0 Å². The average Bonchev–Trinajstić information content (AvgIpc) is 3.24. The minimum atomic E-state index is -0.0682. The van der Waals surface area contributed by atoms with Crippen LogP contribution in [0.3, 0.4) is 0 Å². The maximum Gasteiger partial charge on any atom is 0.272 e. The number of fused-ring (bicyclic) bond motifs is 1. The van der Waals surface area contributed by atoms with Gasteiger partial charge in [0.15, 0.2) is 5.69 Å². The third-order valence-electron chi connectivity index (χ3n) is 4.54. The van der Waals surface area contributed by atoms with Gasteiger partial charge in [-0.15, -0.1) is 0 Å². The van der Waals surface area contributed by atoms with Crippen LogP contribution in [0.25, 0.3) is 5.69 Å². The second kappa shape index (κ2) is 8.81. The third kappa shape index (κ3) is 4.28. The molecule has 134 valence electrons. The summed E-state index contributed by atoms with van der Waals surface area (Å²) in [7, 11) is 0. The smallest absolute Gasteiger partial charge is 0.272 e. The SMILES string of the molecule is CCCCOCCCNC(=O)c1nn(-c2ccccc2)c2c1CCC2. The molecule has 0 unspecified atom stereocenters. The van der Waals surface area contributed by atoms with Crippen LogP contribution >= 0.6 is 0 Å². The molecule has 1 N–H and O–H groups in total. The van der Waals surface area contributed by atoms with Crippen molar-refractivity contribution in [2.24, 2.45) is 0 Å². The summed E-state index contributed by atoms with van der Waals surface area (Å²) >= 11 is 0. The molecule has 0 radical (unpaired) electrons. The molecule has 1 aliphatic carbocycles. The Morgan fingerprint density at radius 3 is 2.80 bits per heavy atom. The molecule has 0 atom stereocenters. The average molecular weight is 341 g/mol. The monoisotopic (exact) mass is 341 g/mol. The molecule has 2 aromatic rings. The van der Waals surface area contributed by atoms with Crippen LogP contribution < -0.4 is 5.32 Å². The number of ether oxygens (including phenoxy) is 1. The van der Waals surface area contributed by atoms with E-state index in [0.717, 1.165) is 56.4 Å². The number of nitrogens with zero attached hydrogens (tertiary/aromatic N) is 2. The van der Waals surface area contributed by atoms with Crippen molar-refractivity contribution in [2.45, 2.75) is 45.4 Å². The van der Waals surface area contributed by atoms with Crippen LogP contribution in [0.15, 0.2) is 30.3 Å². The van der Waals surface area contributed by atoms with E-state index in [2.05, 4.69) is 17.3 Å². The molecule has 1 amide bonds. The zero-order valence-corrected chi connectivity index (χ0v) is 15.0. The van der Waals surface area contributed by atoms with Crippen LogP contribution in [-0.2, 0) is 17.6 Å². The van der Waals surface area contributed by atoms with E-state index in [9.17, 15) is 4.79 Å². The molecule has 1 aliphatic rings. The predicted octanol–water partition coefficient (Wildman–Crippen LogP) is 3.30. The number of carbonyl (C=O) groups excluding carboxylic acids is 1. The van der Waals surface area contributed by atoms with E-state index in [-0.39, 0.29) is 5.91 Å². The summed E-state index contributed by atoms with van der Waals surface area (Å²) in [5.41, 5.74) is 3.90. The molecule has 0 fully saturated rings. The van der Waals surface area contributed by atoms with Crippen LogP contribution in [0.2, 0.25) is 0 Å². The van der Waals surface area contributed by atoms with Gasteiger partial charge in [-0.2, -0.15) is 5.10 Å². The van der Waals surface area contributed by atoms with Crippen molar-refractivity contribution < 1.29 is 9.53 Å². The fourth-order valence-corrected chi connectivity index (χ4v) is 3.21. The molecular formula is C20H27N3O2. The number of amides is 1. The van der Waals surface area contributed by atoms with Crippen LogP contribution in [0.5, 0.6) is 0 Å². The van der Waals surface area contributed by atoms with Crippen LogP contribution in [0.1, 0.15) is 54.4 Å². The molecule has 0 saturated heterocycles. The molecule has 1 heterocycles. The van der Waals surface area contributed by atoms with E-state index < -0.39 is 0 Å². The second-order valence-corrected chi connectivity index (χ2v) is 6.45. The molecule has 0 saturated carbocycles. The van der Waals surface area contributed by atoms with Crippen LogP contribution in [-0.4, -0.2) is 35.4 Å². The zero-order chi connectivity index (χ0) is 17.5. The summed E-state index contributed by atoms with van der Waals surface area (Å²) in [6.07, 6.45) is 6.07. The van der Waals surface area contributed by atoms with Crippen molar-refractivity contribution in [1.82, 2.24) is 15.1 Å². The summed E-state index contributed by atoms with van der Waals surface area (Å²) in [6.45, 7) is 4.27. The Hall–Kier alpha value is -2.14. The Balaban J connectivity index is 1.60. The van der Waals surface area contributed by atoms with Gasteiger partial charge in [-0.1, -0.05) is 31.5 Å². The third-order valence-corrected chi connectivity index (χ3v) is 4.54. The van der Waals surface area contributed by atoms with Gasteiger partial charge in [0.1, 0.15) is 0 Å². The Bertz CT molecular complexity index is 694. The normalized spacial score (nSPS) is 13.0. The largest absolute Gasteiger partial charge is 0.381 e. The summed E-state index contributed by atoms with van der Waals surface area (Å²) in [6, 6.07) is 10.0. The number of benzene rings is 1. The maximum absolute atomic E-state index is 12.6. The van der Waals surface area contributed by atoms with Crippen molar-refractivity contribution >= 4 is 5.91 Å². The number of hydrogen-bond acceptors (Lipinski definition) is 3. The second-order valence-electron chi connectivity index (χ2n) is 6.45. The van der Waals surface area contributed by atoms with Crippen LogP contribution in [0, 0.1) is 0 Å². The van der Waals surface area contributed by atoms with E-state index in [0.29, 0.717) is 18.8 Å². The number of hydrogen-bond donors (Lipinski definition) is 1. The molecule has 0 spiro atoms. The lowest BCUT2D eigenvalue weighted by atomic mass is 10.2. The van der Waals surface area contributed by atoms with E-state index in [1.807, 2.05) is 35.0 Å². The Labute approximate surface area is 149 Å². The highest BCUT2D eigenvalue weighted by atomic mass is 16.5. The predicted molar refractivity (Wildman–Crippen MR) is 98.3 cm³/mol. The number of nitrogens with one attached hydrogen (secondary N) is 1. The highest BCUT2D eigenvalue weighted by molar-refractivity contribution is 5.94. The Morgan fingerprint density at radius 1 is 1.20 bits per heavy atom. The van der Waals surface area contributed by atoms with Gasteiger partial charge in [0, 0.05) is 31.0 Å². The van der Waals surface area contributed by atoms with E-state index in [1.54, 1.807) is 0 Å². The maximum atomic E-state index is 12.6. The first-order valence-electron chi connectivity index (χ1n) is 9.33. The number of carbonyl (C=O) groups is 1. The highest BCUT2D eigenvalue weighted by Crippen LogP contribution is 2.27. The van der Waals surface area contributed by atoms with Gasteiger partial charge in [0.25, 0.3) is 5.91 Å². The minimum absolute atomic E-state index is 0.0682. The molecule has 1 aromatic carbocycles. The van der Waals surface area contributed by atoms with Gasteiger partial charge in [-0.3, -0.25) is 4.79 Å². The van der Waals surface area contributed by atoms with Crippen molar-refractivity contribution in [1.29, 1.82) is 0 Å². The summed E-state index contributed by atoms with van der Waals surface area (Å²) in [4.78, 5) is 12.6. The van der Waals surface area contributed by atoms with Crippen molar-refractivity contribution in [3.05, 3.63) is 47.3 Å². The van der Waals surface area contributed by atoms with Gasteiger partial charge in [-0.25, -0.2) is 4.68 Å². The topological polar surface area (TPSA) is 56.1 Å². The molecule has 5 nitrogen and oxygen atoms in total. The molecule has 25 heavy (non-hydrogen) atoms. The first-order valence-corrected chi connectivity index (χ1v) is 9.33. The molecule has 5 heteroatoms. The lowest BCUT2D eigenvalue weighted by Crippen LogP contribution is -2.26. The lowest BCUT2D eigenvalue weighted by molar-refractivity contribution is 0.0934. The van der Waals surface area contributed by atoms with E-state index >= 15 is 0 Å². The van der Waals surface area contributed by atoms with Crippen molar-refractivity contribution in [2.75, 3.05) is 19.8 Å². The summed E-state index contributed by atoms with van der Waals surface area (Å²) < 4.78 is 7.46. The summed E-state index contributed by atoms with van der Waals surface area (Å²) in [5.74, 6) is -0.0682. The number of aromatic nitrogens is 2. The van der Waals surface area contributed by atoms with Gasteiger partial charge in [-0.05, 0) is 44.2 Å². The molecular weight excluding hydrogens is 314 g/mol. The number of rotatable bonds is 9. The fourth-order valence-electron chi connectivity index (χ4n) is 3.21. The van der Waals surface area contributed by atoms with E-state index in [4.69, 9.17) is 4.74 Å². The fraction of sp³-hybridized carbons (Fsp3) is 0.500. The Morgan fingerprint density at radius 2 is 2.00 bits per heavy atom. The standard InChI is InChI=1S/C20H27N3O2/c1-2-3-14-25-15-8-13-21-20(24)19-17-11-7-12-18(17)23(22-19)16-9-5-4-6-10-16/h4-6,9-10H,2-3,7-8,11-15H2,1H3,(H,21,24). The molecule has 0 bridgehead atoms.